The van der Waals surface area contributed by atoms with Crippen LogP contribution < -0.4 is 10.6 Å². The molecule has 29 heavy (non-hydrogen) atoms. The van der Waals surface area contributed by atoms with Gasteiger partial charge in [0, 0.05) is 12.7 Å². The molecule has 5 aliphatic carbocycles. The van der Waals surface area contributed by atoms with Crippen molar-refractivity contribution in [1.29, 1.82) is 0 Å². The Morgan fingerprint density at radius 3 is 1.55 bits per heavy atom. The first kappa shape index (κ1) is 18.4. The first-order valence-corrected chi connectivity index (χ1v) is 13.8. The standard InChI is InChI=1S/C27H34NP/c1-3-9-24(10-4-1)29(26-13-7-8-14-26,25-11-5-2-6-12-25)28-27-18-21-15-22(19-27)17-23(16-21)20-27/h1-6,9-12,21-23,26H,7-8,13-20H2. The molecule has 0 atom stereocenters. The largest absolute Gasteiger partial charge is 0.287 e. The minimum absolute atomic E-state index is 0.275. The predicted molar refractivity (Wildman–Crippen MR) is 125 cm³/mol. The Morgan fingerprint density at radius 2 is 1.10 bits per heavy atom. The van der Waals surface area contributed by atoms with Crippen LogP contribution >= 0.6 is 7.05 Å². The van der Waals surface area contributed by atoms with Gasteiger partial charge in [0.2, 0.25) is 0 Å². The Hall–Kier alpha value is -1.33. The van der Waals surface area contributed by atoms with E-state index < -0.39 is 7.05 Å². The normalized spacial score (nSPS) is 33.9. The Balaban J connectivity index is 1.60. The zero-order chi connectivity index (χ0) is 19.3. The maximum absolute atomic E-state index is 6.23. The van der Waals surface area contributed by atoms with E-state index in [-0.39, 0.29) is 5.54 Å². The summed E-state index contributed by atoms with van der Waals surface area (Å²) < 4.78 is 6.23. The van der Waals surface area contributed by atoms with Gasteiger partial charge in [-0.15, -0.1) is 0 Å². The lowest BCUT2D eigenvalue weighted by atomic mass is 9.53. The smallest absolute Gasteiger partial charge is 0.0609 e. The molecule has 2 aromatic carbocycles. The van der Waals surface area contributed by atoms with E-state index in [9.17, 15) is 0 Å². The molecule has 7 rings (SSSR count). The van der Waals surface area contributed by atoms with Crippen LogP contribution in [0.2, 0.25) is 0 Å². The van der Waals surface area contributed by atoms with Crippen LogP contribution in [0.15, 0.2) is 65.4 Å². The molecule has 0 spiro atoms. The van der Waals surface area contributed by atoms with Crippen LogP contribution in [0.4, 0.5) is 0 Å². The van der Waals surface area contributed by atoms with Crippen LogP contribution in [0, 0.1) is 17.8 Å². The Labute approximate surface area is 176 Å². The van der Waals surface area contributed by atoms with E-state index >= 15 is 0 Å². The maximum atomic E-state index is 6.23. The topological polar surface area (TPSA) is 12.4 Å². The van der Waals surface area contributed by atoms with Crippen LogP contribution in [0.5, 0.6) is 0 Å². The number of benzene rings is 2. The highest BCUT2D eigenvalue weighted by molar-refractivity contribution is 7.81. The molecule has 5 fully saturated rings. The fourth-order valence-corrected chi connectivity index (χ4v) is 12.7. The molecule has 2 aromatic rings. The van der Waals surface area contributed by atoms with Crippen molar-refractivity contribution in [3.63, 3.8) is 0 Å². The SMILES string of the molecule is c1ccc(P(=NC23CC4CC(CC(C4)C2)C3)(c2ccccc2)C2CCCC2)cc1. The summed E-state index contributed by atoms with van der Waals surface area (Å²) in [5.74, 6) is 2.88. The van der Waals surface area contributed by atoms with Gasteiger partial charge in [0.05, 0.1) is 5.54 Å². The van der Waals surface area contributed by atoms with Crippen LogP contribution in [-0.2, 0) is 0 Å². The van der Waals surface area contributed by atoms with E-state index in [1.54, 1.807) is 10.6 Å². The average Bonchev–Trinajstić information content (AvgIpc) is 3.28. The number of hydrogen-bond acceptors (Lipinski definition) is 1. The lowest BCUT2D eigenvalue weighted by molar-refractivity contribution is 0.00249. The van der Waals surface area contributed by atoms with Crippen molar-refractivity contribution in [1.82, 2.24) is 0 Å². The second kappa shape index (κ2) is 7.12. The molecule has 5 aliphatic rings. The molecule has 0 saturated heterocycles. The first-order chi connectivity index (χ1) is 14.3. The number of rotatable bonds is 4. The summed E-state index contributed by atoms with van der Waals surface area (Å²) in [4.78, 5) is 0. The van der Waals surface area contributed by atoms with Crippen LogP contribution in [0.25, 0.3) is 0 Å². The molecule has 0 amide bonds. The van der Waals surface area contributed by atoms with E-state index in [0.717, 1.165) is 23.4 Å². The summed E-state index contributed by atoms with van der Waals surface area (Å²) >= 11 is 0. The monoisotopic (exact) mass is 403 g/mol. The molecule has 1 nitrogen and oxygen atoms in total. The first-order valence-electron chi connectivity index (χ1n) is 12.0. The summed E-state index contributed by atoms with van der Waals surface area (Å²) in [5, 5.41) is 3.10. The van der Waals surface area contributed by atoms with Crippen molar-refractivity contribution in [2.75, 3.05) is 0 Å². The van der Waals surface area contributed by atoms with E-state index in [0.29, 0.717) is 0 Å². The number of hydrogen-bond donors (Lipinski definition) is 0. The van der Waals surface area contributed by atoms with Gasteiger partial charge in [0.25, 0.3) is 0 Å². The second-order valence-electron chi connectivity index (χ2n) is 10.5. The third-order valence-electron chi connectivity index (χ3n) is 8.53. The molecule has 0 heterocycles. The van der Waals surface area contributed by atoms with Gasteiger partial charge < -0.3 is 0 Å². The van der Waals surface area contributed by atoms with E-state index in [4.69, 9.17) is 4.74 Å². The van der Waals surface area contributed by atoms with Crippen molar-refractivity contribution < 1.29 is 0 Å². The minimum Gasteiger partial charge on any atom is -0.287 e. The highest BCUT2D eigenvalue weighted by atomic mass is 31.2. The molecule has 0 aromatic heterocycles. The van der Waals surface area contributed by atoms with E-state index in [1.165, 1.54) is 64.2 Å². The van der Waals surface area contributed by atoms with Gasteiger partial charge in [-0.3, -0.25) is 4.74 Å². The van der Waals surface area contributed by atoms with Crippen molar-refractivity contribution in [2.45, 2.75) is 75.4 Å². The average molecular weight is 404 g/mol. The predicted octanol–water partition coefficient (Wildman–Crippen LogP) is 6.75. The quantitative estimate of drug-likeness (QED) is 0.501. The zero-order valence-electron chi connectivity index (χ0n) is 17.5. The summed E-state index contributed by atoms with van der Waals surface area (Å²) in [5.41, 5.74) is 1.02. The Morgan fingerprint density at radius 1 is 0.655 bits per heavy atom. The molecular weight excluding hydrogens is 369 g/mol. The van der Waals surface area contributed by atoms with Crippen LogP contribution in [-0.4, -0.2) is 11.2 Å². The van der Waals surface area contributed by atoms with Crippen molar-refractivity contribution >= 4 is 17.7 Å². The molecule has 0 N–H and O–H groups in total. The molecule has 4 bridgehead atoms. The summed E-state index contributed by atoms with van der Waals surface area (Å²) in [6, 6.07) is 23.1. The minimum atomic E-state index is -1.77. The van der Waals surface area contributed by atoms with Gasteiger partial charge in [-0.2, -0.15) is 0 Å². The maximum Gasteiger partial charge on any atom is 0.0609 e. The lowest BCUT2D eigenvalue weighted by Crippen LogP contribution is -2.49. The third kappa shape index (κ3) is 3.07. The molecule has 152 valence electrons. The highest BCUT2D eigenvalue weighted by Crippen LogP contribution is 2.64. The van der Waals surface area contributed by atoms with Crippen molar-refractivity contribution in [3.05, 3.63) is 60.7 Å². The van der Waals surface area contributed by atoms with Gasteiger partial charge in [0.15, 0.2) is 0 Å². The van der Waals surface area contributed by atoms with Gasteiger partial charge in [-0.05, 0) is 79.7 Å². The third-order valence-corrected chi connectivity index (χ3v) is 13.0. The van der Waals surface area contributed by atoms with Gasteiger partial charge in [-0.1, -0.05) is 73.5 Å². The molecule has 5 saturated carbocycles. The van der Waals surface area contributed by atoms with Crippen molar-refractivity contribution in [2.24, 2.45) is 22.5 Å². The Kier molecular flexibility index (Phi) is 4.53. The second-order valence-corrected chi connectivity index (χ2v) is 13.9. The number of nitrogens with zero attached hydrogens (tertiary/aromatic N) is 1. The van der Waals surface area contributed by atoms with Gasteiger partial charge >= 0.3 is 0 Å². The zero-order valence-corrected chi connectivity index (χ0v) is 18.4. The fourth-order valence-electron chi connectivity index (χ4n) is 7.88. The summed E-state index contributed by atoms with van der Waals surface area (Å²) in [6.45, 7) is 0. The summed E-state index contributed by atoms with van der Waals surface area (Å²) in [6.07, 6.45) is 14.2. The van der Waals surface area contributed by atoms with E-state index in [1.807, 2.05) is 0 Å². The van der Waals surface area contributed by atoms with Crippen molar-refractivity contribution in [3.8, 4) is 0 Å². The Bertz CT molecular complexity index is 831. The fraction of sp³-hybridized carbons (Fsp3) is 0.556. The highest BCUT2D eigenvalue weighted by Gasteiger charge is 2.52. The molecule has 0 unspecified atom stereocenters. The lowest BCUT2D eigenvalue weighted by Gasteiger charge is -2.56. The van der Waals surface area contributed by atoms with E-state index in [2.05, 4.69) is 60.7 Å². The van der Waals surface area contributed by atoms with Crippen LogP contribution in [0.1, 0.15) is 64.2 Å². The molecule has 0 aliphatic heterocycles. The van der Waals surface area contributed by atoms with Crippen LogP contribution in [0.3, 0.4) is 0 Å². The molecular formula is C27H34NP. The molecule has 0 radical (unpaired) electrons. The van der Waals surface area contributed by atoms with Gasteiger partial charge in [0.1, 0.15) is 0 Å². The molecule has 2 heteroatoms. The van der Waals surface area contributed by atoms with Gasteiger partial charge in [-0.25, -0.2) is 0 Å². The summed E-state index contributed by atoms with van der Waals surface area (Å²) in [7, 11) is -1.77.